The second kappa shape index (κ2) is 16.4. The first-order chi connectivity index (χ1) is 24.5. The van der Waals surface area contributed by atoms with Crippen LogP contribution < -0.4 is 30.2 Å². The van der Waals surface area contributed by atoms with Gasteiger partial charge in [-0.3, -0.25) is 14.4 Å². The molecule has 5 aromatic rings. The predicted molar refractivity (Wildman–Crippen MR) is 196 cm³/mol. The van der Waals surface area contributed by atoms with Crippen molar-refractivity contribution in [2.24, 2.45) is 0 Å². The van der Waals surface area contributed by atoms with Crippen molar-refractivity contribution in [1.29, 1.82) is 0 Å². The highest BCUT2D eigenvalue weighted by Gasteiger charge is 2.24. The van der Waals surface area contributed by atoms with Crippen molar-refractivity contribution in [1.82, 2.24) is 5.32 Å². The standard InChI is InChI=1S/C40H35N3O6S/c1-2-47-34-19-10-9-16-29(34)24-33(43-38(44)28-14-7-4-8-15-28)39(45)41-30-17-11-18-32(25-30)50-37(27-12-5-3-6-13-27)40(46)42-31-20-21-35-36(26-31)49-23-22-48-35/h3-21,24-26,37H,2,22-23H2,1H3,(H,41,45)(H,42,46)(H,43,44)/b33-24+. The maximum Gasteiger partial charge on any atom is 0.272 e. The van der Waals surface area contributed by atoms with Crippen LogP contribution in [0.3, 0.4) is 0 Å². The van der Waals surface area contributed by atoms with Crippen molar-refractivity contribution < 1.29 is 28.6 Å². The van der Waals surface area contributed by atoms with Crippen LogP contribution in [0, 0.1) is 0 Å². The van der Waals surface area contributed by atoms with Gasteiger partial charge in [0.1, 0.15) is 29.9 Å². The van der Waals surface area contributed by atoms with Crippen molar-refractivity contribution >= 4 is 46.9 Å². The van der Waals surface area contributed by atoms with Crippen LogP contribution in [0.1, 0.15) is 33.7 Å². The lowest BCUT2D eigenvalue weighted by atomic mass is 10.1. The first-order valence-electron chi connectivity index (χ1n) is 16.1. The molecule has 0 saturated carbocycles. The summed E-state index contributed by atoms with van der Waals surface area (Å²) in [7, 11) is 0. The van der Waals surface area contributed by atoms with E-state index in [2.05, 4.69) is 16.0 Å². The van der Waals surface area contributed by atoms with E-state index in [9.17, 15) is 14.4 Å². The number of nitrogens with one attached hydrogen (secondary N) is 3. The molecule has 9 nitrogen and oxygen atoms in total. The Bertz CT molecular complexity index is 2000. The number of benzene rings is 5. The summed E-state index contributed by atoms with van der Waals surface area (Å²) in [6.07, 6.45) is 1.59. The molecule has 1 heterocycles. The Hall–Kier alpha value is -6.00. The quantitative estimate of drug-likeness (QED) is 0.0910. The fraction of sp³-hybridized carbons (Fsp3) is 0.125. The SMILES string of the molecule is CCOc1ccccc1/C=C(/NC(=O)c1ccccc1)C(=O)Nc1cccc(SC(C(=O)Nc2ccc3c(c2)OCCO3)c2ccccc2)c1. The summed E-state index contributed by atoms with van der Waals surface area (Å²) < 4.78 is 17.1. The van der Waals surface area contributed by atoms with Gasteiger partial charge in [0.05, 0.1) is 6.61 Å². The van der Waals surface area contributed by atoms with Crippen molar-refractivity contribution in [3.8, 4) is 17.2 Å². The van der Waals surface area contributed by atoms with Crippen LogP contribution >= 0.6 is 11.8 Å². The number of rotatable bonds is 12. The monoisotopic (exact) mass is 685 g/mol. The van der Waals surface area contributed by atoms with E-state index in [0.717, 1.165) is 10.5 Å². The highest BCUT2D eigenvalue weighted by Crippen LogP contribution is 2.38. The number of para-hydroxylation sites is 1. The summed E-state index contributed by atoms with van der Waals surface area (Å²) in [4.78, 5) is 41.5. The Labute approximate surface area is 294 Å². The smallest absolute Gasteiger partial charge is 0.272 e. The van der Waals surface area contributed by atoms with Gasteiger partial charge < -0.3 is 30.2 Å². The zero-order valence-corrected chi connectivity index (χ0v) is 28.1. The van der Waals surface area contributed by atoms with Crippen molar-refractivity contribution in [2.75, 3.05) is 30.5 Å². The molecule has 6 rings (SSSR count). The van der Waals surface area contributed by atoms with Crippen LogP contribution in [0.25, 0.3) is 6.08 Å². The maximum absolute atomic E-state index is 13.8. The minimum absolute atomic E-state index is 0.0324. The normalized spacial score (nSPS) is 12.7. The molecular formula is C40H35N3O6S. The average molecular weight is 686 g/mol. The Morgan fingerprint density at radius 3 is 2.24 bits per heavy atom. The Balaban J connectivity index is 1.23. The molecule has 10 heteroatoms. The van der Waals surface area contributed by atoms with Crippen LogP contribution in [0.4, 0.5) is 11.4 Å². The van der Waals surface area contributed by atoms with Gasteiger partial charge in [0.2, 0.25) is 5.91 Å². The molecule has 252 valence electrons. The summed E-state index contributed by atoms with van der Waals surface area (Å²) >= 11 is 1.35. The number of anilines is 2. The van der Waals surface area contributed by atoms with Crippen LogP contribution in [0.5, 0.6) is 17.2 Å². The van der Waals surface area contributed by atoms with Gasteiger partial charge in [0, 0.05) is 33.5 Å². The number of ether oxygens (including phenoxy) is 3. The summed E-state index contributed by atoms with van der Waals surface area (Å²) in [5.41, 5.74) is 2.95. The third-order valence-electron chi connectivity index (χ3n) is 7.54. The molecule has 1 atom stereocenters. The molecule has 50 heavy (non-hydrogen) atoms. The molecule has 0 fully saturated rings. The molecule has 0 saturated heterocycles. The van der Waals surface area contributed by atoms with Crippen molar-refractivity contribution in [3.05, 3.63) is 150 Å². The molecule has 0 aromatic heterocycles. The lowest BCUT2D eigenvalue weighted by molar-refractivity contribution is -0.116. The third kappa shape index (κ3) is 8.72. The molecule has 3 N–H and O–H groups in total. The minimum atomic E-state index is -0.619. The number of hydrogen-bond acceptors (Lipinski definition) is 7. The third-order valence-corrected chi connectivity index (χ3v) is 8.79. The van der Waals surface area contributed by atoms with Gasteiger partial charge in [0.15, 0.2) is 11.5 Å². The second-order valence-corrected chi connectivity index (χ2v) is 12.3. The van der Waals surface area contributed by atoms with E-state index in [1.165, 1.54) is 11.8 Å². The number of carbonyl (C=O) groups is 3. The first kappa shape index (κ1) is 33.9. The van der Waals surface area contributed by atoms with E-state index < -0.39 is 17.1 Å². The van der Waals surface area contributed by atoms with Gasteiger partial charge in [0.25, 0.3) is 11.8 Å². The molecule has 1 aliphatic heterocycles. The van der Waals surface area contributed by atoms with Crippen LogP contribution in [0.15, 0.2) is 138 Å². The van der Waals surface area contributed by atoms with E-state index in [4.69, 9.17) is 14.2 Å². The van der Waals surface area contributed by atoms with E-state index in [1.807, 2.05) is 67.6 Å². The first-order valence-corrected chi connectivity index (χ1v) is 17.0. The van der Waals surface area contributed by atoms with Crippen molar-refractivity contribution in [3.63, 3.8) is 0 Å². The largest absolute Gasteiger partial charge is 0.493 e. The number of thioether (sulfide) groups is 1. The van der Waals surface area contributed by atoms with E-state index >= 15 is 0 Å². The van der Waals surface area contributed by atoms with Gasteiger partial charge in [-0.15, -0.1) is 11.8 Å². The highest BCUT2D eigenvalue weighted by molar-refractivity contribution is 8.00. The topological polar surface area (TPSA) is 115 Å². The molecule has 5 aromatic carbocycles. The Kier molecular flexibility index (Phi) is 11.1. The predicted octanol–water partition coefficient (Wildman–Crippen LogP) is 7.74. The summed E-state index contributed by atoms with van der Waals surface area (Å²) in [5, 5.41) is 8.09. The molecule has 3 amide bonds. The summed E-state index contributed by atoms with van der Waals surface area (Å²) in [5.74, 6) is 0.608. The fourth-order valence-corrected chi connectivity index (χ4v) is 6.28. The number of fused-ring (bicyclic) bond motifs is 1. The van der Waals surface area contributed by atoms with Gasteiger partial charge >= 0.3 is 0 Å². The van der Waals surface area contributed by atoms with E-state index in [1.54, 1.807) is 72.8 Å². The molecule has 0 aliphatic carbocycles. The summed E-state index contributed by atoms with van der Waals surface area (Å²) in [6.45, 7) is 3.23. The molecule has 0 spiro atoms. The fourth-order valence-electron chi connectivity index (χ4n) is 5.20. The number of hydrogen-bond donors (Lipinski definition) is 3. The Morgan fingerprint density at radius 1 is 0.760 bits per heavy atom. The second-order valence-electron chi connectivity index (χ2n) is 11.1. The molecule has 0 radical (unpaired) electrons. The lowest BCUT2D eigenvalue weighted by Crippen LogP contribution is -2.30. The minimum Gasteiger partial charge on any atom is -0.493 e. The molecule has 1 unspecified atom stereocenters. The van der Waals surface area contributed by atoms with E-state index in [0.29, 0.717) is 59.6 Å². The number of amides is 3. The van der Waals surface area contributed by atoms with Gasteiger partial charge in [-0.05, 0) is 67.1 Å². The van der Waals surface area contributed by atoms with Crippen LogP contribution in [-0.4, -0.2) is 37.5 Å². The van der Waals surface area contributed by atoms with Gasteiger partial charge in [-0.25, -0.2) is 0 Å². The van der Waals surface area contributed by atoms with Gasteiger partial charge in [-0.1, -0.05) is 72.8 Å². The summed E-state index contributed by atoms with van der Waals surface area (Å²) in [6, 6.07) is 38.0. The van der Waals surface area contributed by atoms with E-state index in [-0.39, 0.29) is 11.6 Å². The Morgan fingerprint density at radius 2 is 1.46 bits per heavy atom. The number of carbonyl (C=O) groups excluding carboxylic acids is 3. The van der Waals surface area contributed by atoms with Crippen molar-refractivity contribution in [2.45, 2.75) is 17.1 Å². The lowest BCUT2D eigenvalue weighted by Gasteiger charge is -2.20. The average Bonchev–Trinajstić information content (AvgIpc) is 3.15. The molecular weight excluding hydrogens is 651 g/mol. The van der Waals surface area contributed by atoms with Gasteiger partial charge in [-0.2, -0.15) is 0 Å². The zero-order chi connectivity index (χ0) is 34.7. The maximum atomic E-state index is 13.8. The van der Waals surface area contributed by atoms with Crippen LogP contribution in [0.2, 0.25) is 0 Å². The molecule has 0 bridgehead atoms. The highest BCUT2D eigenvalue weighted by atomic mass is 32.2. The molecule has 1 aliphatic rings. The van der Waals surface area contributed by atoms with Crippen LogP contribution in [-0.2, 0) is 9.59 Å². The zero-order valence-electron chi connectivity index (χ0n) is 27.3.